The Kier molecular flexibility index (Phi) is 3.55. The summed E-state index contributed by atoms with van der Waals surface area (Å²) in [5.41, 5.74) is 4.17. The third kappa shape index (κ3) is 2.71. The van der Waals surface area contributed by atoms with E-state index >= 15 is 0 Å². The molecule has 1 aromatic carbocycles. The van der Waals surface area contributed by atoms with Gasteiger partial charge in [-0.3, -0.25) is 5.10 Å². The number of fused-ring (bicyclic) bond motifs is 2. The second-order valence-corrected chi connectivity index (χ2v) is 6.74. The molecule has 0 unspecified atom stereocenters. The van der Waals surface area contributed by atoms with Crippen molar-refractivity contribution in [1.29, 1.82) is 0 Å². The molecule has 2 N–H and O–H groups in total. The van der Waals surface area contributed by atoms with Gasteiger partial charge in [-0.2, -0.15) is 5.10 Å². The number of thiophene rings is 1. The van der Waals surface area contributed by atoms with Crippen LogP contribution >= 0.6 is 11.3 Å². The van der Waals surface area contributed by atoms with Crippen molar-refractivity contribution < 1.29 is 4.74 Å². The van der Waals surface area contributed by atoms with E-state index in [1.165, 1.54) is 4.70 Å². The van der Waals surface area contributed by atoms with E-state index in [0.717, 1.165) is 40.1 Å². The predicted molar refractivity (Wildman–Crippen MR) is 95.3 cm³/mol. The summed E-state index contributed by atoms with van der Waals surface area (Å²) in [5.74, 6) is 0.896. The van der Waals surface area contributed by atoms with Crippen LogP contribution in [0.25, 0.3) is 32.5 Å². The van der Waals surface area contributed by atoms with Crippen molar-refractivity contribution in [3.05, 3.63) is 35.7 Å². The SMILES string of the molecule is CN(C)CCOc1ccc2[nH]c(-c3n[nH]c4ccsc34)cc2c1. The molecule has 0 saturated carbocycles. The normalized spacial score (nSPS) is 11.8. The van der Waals surface area contributed by atoms with E-state index in [0.29, 0.717) is 6.61 Å². The molecule has 0 bridgehead atoms. The van der Waals surface area contributed by atoms with Gasteiger partial charge in [-0.25, -0.2) is 0 Å². The fourth-order valence-electron chi connectivity index (χ4n) is 2.60. The maximum Gasteiger partial charge on any atom is 0.126 e. The molecule has 3 aromatic heterocycles. The second-order valence-electron chi connectivity index (χ2n) is 5.82. The standard InChI is InChI=1S/C17H18N4OS/c1-21(2)6-7-22-12-3-4-13-11(9-12)10-15(18-13)16-17-14(19-20-16)5-8-23-17/h3-5,8-10,18H,6-7H2,1-2H3,(H,19,20). The number of benzene rings is 1. The van der Waals surface area contributed by atoms with Crippen molar-refractivity contribution >= 4 is 32.5 Å². The highest BCUT2D eigenvalue weighted by Crippen LogP contribution is 2.32. The molecular weight excluding hydrogens is 308 g/mol. The van der Waals surface area contributed by atoms with Crippen LogP contribution in [-0.4, -0.2) is 47.3 Å². The first-order valence-corrected chi connectivity index (χ1v) is 8.41. The number of H-pyrrole nitrogens is 2. The molecule has 118 valence electrons. The van der Waals surface area contributed by atoms with Crippen LogP contribution in [0.4, 0.5) is 0 Å². The molecule has 23 heavy (non-hydrogen) atoms. The first kappa shape index (κ1) is 14.3. The molecule has 4 rings (SSSR count). The van der Waals surface area contributed by atoms with Crippen LogP contribution in [0.2, 0.25) is 0 Å². The number of nitrogens with one attached hydrogen (secondary N) is 2. The largest absolute Gasteiger partial charge is 0.492 e. The molecule has 0 aliphatic heterocycles. The molecule has 0 spiro atoms. The Labute approximate surface area is 137 Å². The van der Waals surface area contributed by atoms with Crippen LogP contribution in [0.1, 0.15) is 0 Å². The molecule has 4 aromatic rings. The molecule has 5 nitrogen and oxygen atoms in total. The van der Waals surface area contributed by atoms with E-state index in [1.807, 2.05) is 20.2 Å². The van der Waals surface area contributed by atoms with E-state index in [1.54, 1.807) is 11.3 Å². The lowest BCUT2D eigenvalue weighted by atomic mass is 10.2. The number of aromatic amines is 2. The van der Waals surface area contributed by atoms with Crippen molar-refractivity contribution in [2.45, 2.75) is 0 Å². The topological polar surface area (TPSA) is 56.9 Å². The Morgan fingerprint density at radius 2 is 2.09 bits per heavy atom. The zero-order valence-electron chi connectivity index (χ0n) is 13.1. The summed E-state index contributed by atoms with van der Waals surface area (Å²) in [7, 11) is 4.08. The van der Waals surface area contributed by atoms with Gasteiger partial charge in [0.25, 0.3) is 0 Å². The Morgan fingerprint density at radius 1 is 1.17 bits per heavy atom. The van der Waals surface area contributed by atoms with Crippen LogP contribution < -0.4 is 4.74 Å². The van der Waals surface area contributed by atoms with E-state index < -0.39 is 0 Å². The molecule has 0 saturated heterocycles. The minimum absolute atomic E-state index is 0.685. The van der Waals surface area contributed by atoms with Crippen LogP contribution in [0.3, 0.4) is 0 Å². The highest BCUT2D eigenvalue weighted by Gasteiger charge is 2.12. The van der Waals surface area contributed by atoms with Gasteiger partial charge in [-0.05, 0) is 49.8 Å². The van der Waals surface area contributed by atoms with Crippen LogP contribution in [0.5, 0.6) is 5.75 Å². The molecule has 0 atom stereocenters. The predicted octanol–water partition coefficient (Wildman–Crippen LogP) is 3.71. The zero-order valence-corrected chi connectivity index (χ0v) is 13.9. The maximum atomic E-state index is 5.81. The average Bonchev–Trinajstić information content (AvgIpc) is 3.20. The molecule has 0 aliphatic carbocycles. The van der Waals surface area contributed by atoms with E-state index in [2.05, 4.69) is 49.7 Å². The quantitative estimate of drug-likeness (QED) is 0.588. The first-order chi connectivity index (χ1) is 11.2. The van der Waals surface area contributed by atoms with Crippen molar-refractivity contribution in [1.82, 2.24) is 20.1 Å². The summed E-state index contributed by atoms with van der Waals surface area (Å²) >= 11 is 1.70. The van der Waals surface area contributed by atoms with Crippen molar-refractivity contribution in [2.24, 2.45) is 0 Å². The van der Waals surface area contributed by atoms with Crippen LogP contribution in [-0.2, 0) is 0 Å². The molecule has 0 aliphatic rings. The van der Waals surface area contributed by atoms with E-state index in [9.17, 15) is 0 Å². The summed E-state index contributed by atoms with van der Waals surface area (Å²) in [5, 5.41) is 10.7. The monoisotopic (exact) mass is 326 g/mol. The summed E-state index contributed by atoms with van der Waals surface area (Å²) in [6.07, 6.45) is 0. The third-order valence-corrected chi connectivity index (χ3v) is 4.74. The van der Waals surface area contributed by atoms with Gasteiger partial charge in [0.2, 0.25) is 0 Å². The lowest BCUT2D eigenvalue weighted by Gasteiger charge is -2.10. The third-order valence-electron chi connectivity index (χ3n) is 3.82. The molecule has 0 amide bonds. The number of likely N-dealkylation sites (N-methyl/N-ethyl adjacent to an activating group) is 1. The number of aromatic nitrogens is 3. The van der Waals surface area contributed by atoms with Gasteiger partial charge in [-0.15, -0.1) is 11.3 Å². The van der Waals surface area contributed by atoms with Crippen molar-refractivity contribution in [3.63, 3.8) is 0 Å². The zero-order chi connectivity index (χ0) is 15.8. The molecule has 6 heteroatoms. The molecule has 0 radical (unpaired) electrons. The summed E-state index contributed by atoms with van der Waals surface area (Å²) in [6.45, 7) is 1.59. The number of hydrogen-bond acceptors (Lipinski definition) is 4. The minimum atomic E-state index is 0.685. The highest BCUT2D eigenvalue weighted by atomic mass is 32.1. The lowest BCUT2D eigenvalue weighted by Crippen LogP contribution is -2.19. The molecule has 3 heterocycles. The van der Waals surface area contributed by atoms with Gasteiger partial charge in [0.05, 0.1) is 15.9 Å². The Hall–Kier alpha value is -2.31. The molecular formula is C17H18N4OS. The summed E-state index contributed by atoms with van der Waals surface area (Å²) in [6, 6.07) is 10.3. The maximum absolute atomic E-state index is 5.81. The van der Waals surface area contributed by atoms with Gasteiger partial charge >= 0.3 is 0 Å². The number of nitrogens with zero attached hydrogens (tertiary/aromatic N) is 2. The first-order valence-electron chi connectivity index (χ1n) is 7.53. The fraction of sp³-hybridized carbons (Fsp3) is 0.235. The Morgan fingerprint density at radius 3 is 2.96 bits per heavy atom. The highest BCUT2D eigenvalue weighted by molar-refractivity contribution is 7.17. The minimum Gasteiger partial charge on any atom is -0.492 e. The van der Waals surface area contributed by atoms with E-state index in [-0.39, 0.29) is 0 Å². The van der Waals surface area contributed by atoms with Gasteiger partial charge in [-0.1, -0.05) is 0 Å². The summed E-state index contributed by atoms with van der Waals surface area (Å²) in [4.78, 5) is 5.55. The Bertz CT molecular complexity index is 950. The van der Waals surface area contributed by atoms with Crippen LogP contribution in [0.15, 0.2) is 35.7 Å². The van der Waals surface area contributed by atoms with Gasteiger partial charge in [0.15, 0.2) is 0 Å². The van der Waals surface area contributed by atoms with Gasteiger partial charge in [0, 0.05) is 17.4 Å². The number of rotatable bonds is 5. The van der Waals surface area contributed by atoms with E-state index in [4.69, 9.17) is 4.74 Å². The number of hydrogen-bond donors (Lipinski definition) is 2. The smallest absolute Gasteiger partial charge is 0.126 e. The average molecular weight is 326 g/mol. The second kappa shape index (κ2) is 5.72. The van der Waals surface area contributed by atoms with Crippen molar-refractivity contribution in [3.8, 4) is 17.1 Å². The lowest BCUT2D eigenvalue weighted by molar-refractivity contribution is 0.261. The van der Waals surface area contributed by atoms with Gasteiger partial charge in [0.1, 0.15) is 18.1 Å². The Balaban J connectivity index is 1.64. The fourth-order valence-corrected chi connectivity index (χ4v) is 3.45. The van der Waals surface area contributed by atoms with Crippen molar-refractivity contribution in [2.75, 3.05) is 27.2 Å². The summed E-state index contributed by atoms with van der Waals surface area (Å²) < 4.78 is 6.99. The molecule has 0 fully saturated rings. The van der Waals surface area contributed by atoms with Crippen LogP contribution in [0, 0.1) is 0 Å². The number of ether oxygens (including phenoxy) is 1. The van der Waals surface area contributed by atoms with Gasteiger partial charge < -0.3 is 14.6 Å².